The first-order valence-corrected chi connectivity index (χ1v) is 9.22. The van der Waals surface area contributed by atoms with Gasteiger partial charge in [0.05, 0.1) is 17.6 Å². The predicted molar refractivity (Wildman–Crippen MR) is 94.2 cm³/mol. The van der Waals surface area contributed by atoms with Crippen molar-refractivity contribution >= 4 is 22.8 Å². The van der Waals surface area contributed by atoms with E-state index < -0.39 is 36.5 Å². The summed E-state index contributed by atoms with van der Waals surface area (Å²) < 4.78 is 7.65. The minimum Gasteiger partial charge on any atom is -0.394 e. The average Bonchev–Trinajstić information content (AvgIpc) is 2.92. The minimum absolute atomic E-state index is 0.395. The molecule has 1 aliphatic heterocycles. The molecular formula is C17H24N2O5S. The Morgan fingerprint density at radius 1 is 1.16 bits per heavy atom. The molecule has 2 heterocycles. The van der Waals surface area contributed by atoms with Crippen LogP contribution in [-0.2, 0) is 11.3 Å². The van der Waals surface area contributed by atoms with Gasteiger partial charge in [-0.3, -0.25) is 0 Å². The molecule has 5 atom stereocenters. The summed E-state index contributed by atoms with van der Waals surface area (Å²) in [5.74, 6) is 0.395. The lowest BCUT2D eigenvalue weighted by Gasteiger charge is -2.39. The second kappa shape index (κ2) is 7.61. The van der Waals surface area contributed by atoms with E-state index in [2.05, 4.69) is 23.4 Å². The zero-order valence-corrected chi connectivity index (χ0v) is 15.0. The molecular weight excluding hydrogens is 344 g/mol. The van der Waals surface area contributed by atoms with E-state index in [1.165, 1.54) is 11.8 Å². The van der Waals surface area contributed by atoms with Crippen LogP contribution in [0.2, 0.25) is 0 Å². The van der Waals surface area contributed by atoms with E-state index in [9.17, 15) is 20.4 Å². The van der Waals surface area contributed by atoms with Crippen molar-refractivity contribution in [2.75, 3.05) is 6.61 Å². The van der Waals surface area contributed by atoms with Gasteiger partial charge >= 0.3 is 0 Å². The monoisotopic (exact) mass is 368 g/mol. The Balaban J connectivity index is 1.91. The number of aliphatic hydroxyl groups is 4. The fraction of sp³-hybridized carbons (Fsp3) is 0.588. The average molecular weight is 368 g/mol. The molecule has 0 bridgehead atoms. The van der Waals surface area contributed by atoms with Crippen LogP contribution in [0.3, 0.4) is 0 Å². The summed E-state index contributed by atoms with van der Waals surface area (Å²) in [7, 11) is 0. The highest BCUT2D eigenvalue weighted by Crippen LogP contribution is 2.34. The molecule has 7 nitrogen and oxygen atoms in total. The molecule has 0 saturated carbocycles. The summed E-state index contributed by atoms with van der Waals surface area (Å²) in [5, 5.41) is 40.1. The first-order chi connectivity index (χ1) is 11.9. The molecule has 0 radical (unpaired) electrons. The van der Waals surface area contributed by atoms with E-state index in [1.807, 2.05) is 24.3 Å². The molecule has 25 heavy (non-hydrogen) atoms. The molecule has 1 aliphatic rings. The maximum Gasteiger partial charge on any atom is 0.171 e. The van der Waals surface area contributed by atoms with E-state index >= 15 is 0 Å². The quantitative estimate of drug-likeness (QED) is 0.611. The second-order valence-corrected chi connectivity index (χ2v) is 7.77. The molecule has 2 aromatic rings. The number of nitrogens with zero attached hydrogens (tertiary/aromatic N) is 2. The maximum absolute atomic E-state index is 10.3. The lowest BCUT2D eigenvalue weighted by Crippen LogP contribution is -2.57. The third-order valence-corrected chi connectivity index (χ3v) is 5.38. The molecule has 0 spiro atoms. The Hall–Kier alpha value is -1.16. The zero-order chi connectivity index (χ0) is 18.1. The van der Waals surface area contributed by atoms with Gasteiger partial charge in [-0.1, -0.05) is 37.7 Å². The number of thioether (sulfide) groups is 1. The van der Waals surface area contributed by atoms with E-state index in [-0.39, 0.29) is 0 Å². The molecule has 8 heteroatoms. The molecule has 1 saturated heterocycles. The first-order valence-electron chi connectivity index (χ1n) is 8.34. The number of hydrogen-bond acceptors (Lipinski definition) is 7. The Kier molecular flexibility index (Phi) is 5.67. The predicted octanol–water partition coefficient (Wildman–Crippen LogP) is 0.584. The lowest BCUT2D eigenvalue weighted by molar-refractivity contribution is -0.205. The highest BCUT2D eigenvalue weighted by molar-refractivity contribution is 7.99. The number of aromatic nitrogens is 2. The number of para-hydroxylation sites is 2. The van der Waals surface area contributed by atoms with Crippen LogP contribution in [0.25, 0.3) is 11.0 Å². The van der Waals surface area contributed by atoms with Crippen LogP contribution < -0.4 is 0 Å². The van der Waals surface area contributed by atoms with Gasteiger partial charge in [0.25, 0.3) is 0 Å². The number of rotatable bonds is 5. The van der Waals surface area contributed by atoms with Crippen LogP contribution in [0.1, 0.15) is 13.8 Å². The van der Waals surface area contributed by atoms with Crippen molar-refractivity contribution in [3.63, 3.8) is 0 Å². The SMILES string of the molecule is CC(C)Cn1c(SC2OC(CO)C(O)C(O)C2O)nc2ccccc21. The van der Waals surface area contributed by atoms with Gasteiger partial charge in [0.2, 0.25) is 0 Å². The molecule has 5 unspecified atom stereocenters. The van der Waals surface area contributed by atoms with Gasteiger partial charge in [-0.15, -0.1) is 0 Å². The molecule has 138 valence electrons. The van der Waals surface area contributed by atoms with Crippen LogP contribution in [0.4, 0.5) is 0 Å². The smallest absolute Gasteiger partial charge is 0.171 e. The Morgan fingerprint density at radius 2 is 1.88 bits per heavy atom. The summed E-state index contributed by atoms with van der Waals surface area (Å²) in [6.07, 6.45) is -4.94. The Bertz CT molecular complexity index is 720. The van der Waals surface area contributed by atoms with Gasteiger partial charge in [-0.2, -0.15) is 0 Å². The third kappa shape index (κ3) is 3.69. The summed E-state index contributed by atoms with van der Waals surface area (Å²) >= 11 is 1.19. The molecule has 1 fully saturated rings. The maximum atomic E-state index is 10.3. The fourth-order valence-corrected chi connectivity index (χ4v) is 4.11. The fourth-order valence-electron chi connectivity index (χ4n) is 2.95. The highest BCUT2D eigenvalue weighted by atomic mass is 32.2. The molecule has 0 aliphatic carbocycles. The number of hydrogen-bond donors (Lipinski definition) is 4. The Labute approximate surface area is 150 Å². The summed E-state index contributed by atoms with van der Waals surface area (Å²) in [4.78, 5) is 4.62. The van der Waals surface area contributed by atoms with Gasteiger partial charge in [0, 0.05) is 6.54 Å². The van der Waals surface area contributed by atoms with Crippen molar-refractivity contribution < 1.29 is 25.2 Å². The van der Waals surface area contributed by atoms with E-state index in [1.54, 1.807) is 0 Å². The van der Waals surface area contributed by atoms with Crippen molar-refractivity contribution in [2.45, 2.75) is 55.4 Å². The highest BCUT2D eigenvalue weighted by Gasteiger charge is 2.44. The standard InChI is InChI=1S/C17H24N2O5S/c1-9(2)7-19-11-6-4-3-5-10(11)18-17(19)25-16-15(23)14(22)13(21)12(8-20)24-16/h3-6,9,12-16,20-23H,7-8H2,1-2H3. The second-order valence-electron chi connectivity index (χ2n) is 6.70. The molecule has 3 rings (SSSR count). The van der Waals surface area contributed by atoms with Crippen LogP contribution in [-0.4, -0.2) is 66.4 Å². The van der Waals surface area contributed by atoms with E-state index in [0.717, 1.165) is 17.6 Å². The van der Waals surface area contributed by atoms with Crippen molar-refractivity contribution in [3.8, 4) is 0 Å². The topological polar surface area (TPSA) is 108 Å². The molecule has 1 aromatic carbocycles. The Morgan fingerprint density at radius 3 is 2.56 bits per heavy atom. The van der Waals surface area contributed by atoms with Crippen LogP contribution >= 0.6 is 11.8 Å². The summed E-state index contributed by atoms with van der Waals surface area (Å²) in [5.41, 5.74) is 0.997. The number of imidazole rings is 1. The van der Waals surface area contributed by atoms with E-state index in [0.29, 0.717) is 11.1 Å². The minimum atomic E-state index is -1.38. The van der Waals surface area contributed by atoms with Crippen molar-refractivity contribution in [1.82, 2.24) is 9.55 Å². The summed E-state index contributed by atoms with van der Waals surface area (Å²) in [6, 6.07) is 7.77. The van der Waals surface area contributed by atoms with Crippen LogP contribution in [0.5, 0.6) is 0 Å². The van der Waals surface area contributed by atoms with Gasteiger partial charge < -0.3 is 29.7 Å². The molecule has 4 N–H and O–H groups in total. The molecule has 0 amide bonds. The van der Waals surface area contributed by atoms with Gasteiger partial charge in [-0.25, -0.2) is 4.98 Å². The lowest BCUT2D eigenvalue weighted by atomic mass is 10.0. The van der Waals surface area contributed by atoms with Crippen LogP contribution in [0, 0.1) is 5.92 Å². The van der Waals surface area contributed by atoms with Gasteiger partial charge in [0.15, 0.2) is 5.16 Å². The number of aliphatic hydroxyl groups excluding tert-OH is 4. The van der Waals surface area contributed by atoms with Crippen molar-refractivity contribution in [1.29, 1.82) is 0 Å². The van der Waals surface area contributed by atoms with Crippen molar-refractivity contribution in [3.05, 3.63) is 24.3 Å². The number of fused-ring (bicyclic) bond motifs is 1. The number of benzene rings is 1. The number of ether oxygens (including phenoxy) is 1. The van der Waals surface area contributed by atoms with Crippen LogP contribution in [0.15, 0.2) is 29.4 Å². The van der Waals surface area contributed by atoms with Crippen molar-refractivity contribution in [2.24, 2.45) is 5.92 Å². The molecule has 1 aromatic heterocycles. The van der Waals surface area contributed by atoms with Gasteiger partial charge in [0.1, 0.15) is 29.9 Å². The third-order valence-electron chi connectivity index (χ3n) is 4.24. The first kappa shape index (κ1) is 18.6. The summed E-state index contributed by atoms with van der Waals surface area (Å²) in [6.45, 7) is 4.53. The van der Waals surface area contributed by atoms with Gasteiger partial charge in [-0.05, 0) is 18.1 Å². The largest absolute Gasteiger partial charge is 0.394 e. The normalized spacial score (nSPS) is 30.3. The zero-order valence-electron chi connectivity index (χ0n) is 14.2. The van der Waals surface area contributed by atoms with E-state index in [4.69, 9.17) is 4.74 Å².